The third-order valence-electron chi connectivity index (χ3n) is 3.77. The highest BCUT2D eigenvalue weighted by Crippen LogP contribution is 2.30. The molecule has 1 aromatic rings. The molecule has 0 spiro atoms. The number of carbonyl (C=O) groups is 1. The lowest BCUT2D eigenvalue weighted by atomic mass is 10.0. The Labute approximate surface area is 122 Å². The SMILES string of the molecule is Cc1ccc(C(=O)N(C)CC2(O)CCCC2)c(Br)c1. The van der Waals surface area contributed by atoms with Crippen molar-refractivity contribution in [2.24, 2.45) is 0 Å². The van der Waals surface area contributed by atoms with E-state index in [2.05, 4.69) is 15.9 Å². The smallest absolute Gasteiger partial charge is 0.254 e. The summed E-state index contributed by atoms with van der Waals surface area (Å²) in [6, 6.07) is 5.69. The predicted octanol–water partition coefficient (Wildman–Crippen LogP) is 3.13. The van der Waals surface area contributed by atoms with Gasteiger partial charge in [-0.3, -0.25) is 4.79 Å². The third kappa shape index (κ3) is 3.37. The van der Waals surface area contributed by atoms with Gasteiger partial charge in [0.1, 0.15) is 0 Å². The maximum Gasteiger partial charge on any atom is 0.254 e. The van der Waals surface area contributed by atoms with Gasteiger partial charge in [0.2, 0.25) is 0 Å². The fourth-order valence-electron chi connectivity index (χ4n) is 2.70. The van der Waals surface area contributed by atoms with Crippen LogP contribution in [0.5, 0.6) is 0 Å². The van der Waals surface area contributed by atoms with Gasteiger partial charge in [0.15, 0.2) is 0 Å². The summed E-state index contributed by atoms with van der Waals surface area (Å²) in [4.78, 5) is 14.0. The van der Waals surface area contributed by atoms with Gasteiger partial charge in [-0.05, 0) is 53.4 Å². The number of aryl methyl sites for hydroxylation is 1. The monoisotopic (exact) mass is 325 g/mol. The zero-order chi connectivity index (χ0) is 14.0. The first-order valence-electron chi connectivity index (χ1n) is 6.65. The molecule has 1 saturated carbocycles. The number of carbonyl (C=O) groups excluding carboxylic acids is 1. The molecule has 2 rings (SSSR count). The molecule has 0 aliphatic heterocycles. The van der Waals surface area contributed by atoms with Crippen LogP contribution in [-0.2, 0) is 0 Å². The first-order valence-corrected chi connectivity index (χ1v) is 7.45. The van der Waals surface area contributed by atoms with E-state index in [0.29, 0.717) is 12.1 Å². The minimum absolute atomic E-state index is 0.0489. The summed E-state index contributed by atoms with van der Waals surface area (Å²) < 4.78 is 0.808. The van der Waals surface area contributed by atoms with Gasteiger partial charge in [0.25, 0.3) is 5.91 Å². The molecule has 0 aromatic heterocycles. The molecule has 0 heterocycles. The first-order chi connectivity index (χ1) is 8.91. The van der Waals surface area contributed by atoms with Gasteiger partial charge in [-0.1, -0.05) is 18.9 Å². The van der Waals surface area contributed by atoms with Crippen LogP contribution in [0.25, 0.3) is 0 Å². The van der Waals surface area contributed by atoms with Crippen LogP contribution in [0.15, 0.2) is 22.7 Å². The second-order valence-corrected chi connectivity index (χ2v) is 6.43. The van der Waals surface area contributed by atoms with Crippen LogP contribution < -0.4 is 0 Å². The molecular weight excluding hydrogens is 306 g/mol. The summed E-state index contributed by atoms with van der Waals surface area (Å²) in [6.07, 6.45) is 3.68. The number of halogens is 1. The van der Waals surface area contributed by atoms with Gasteiger partial charge in [-0.15, -0.1) is 0 Å². The summed E-state index contributed by atoms with van der Waals surface area (Å²) in [5.41, 5.74) is 1.07. The average molecular weight is 326 g/mol. The molecule has 1 fully saturated rings. The Hall–Kier alpha value is -0.870. The van der Waals surface area contributed by atoms with Crippen LogP contribution in [0, 0.1) is 6.92 Å². The summed E-state index contributed by atoms with van der Waals surface area (Å²) in [5.74, 6) is -0.0489. The van der Waals surface area contributed by atoms with Crippen molar-refractivity contribution in [2.75, 3.05) is 13.6 Å². The molecule has 0 unspecified atom stereocenters. The summed E-state index contributed by atoms with van der Waals surface area (Å²) in [5, 5.41) is 10.4. The van der Waals surface area contributed by atoms with Crippen molar-refractivity contribution in [1.29, 1.82) is 0 Å². The summed E-state index contributed by atoms with van der Waals surface area (Å²) in [7, 11) is 1.75. The maximum absolute atomic E-state index is 12.4. The minimum atomic E-state index is -0.693. The second-order valence-electron chi connectivity index (χ2n) is 5.58. The van der Waals surface area contributed by atoms with E-state index in [-0.39, 0.29) is 5.91 Å². The fourth-order valence-corrected chi connectivity index (χ4v) is 3.37. The van der Waals surface area contributed by atoms with Gasteiger partial charge >= 0.3 is 0 Å². The number of benzene rings is 1. The molecule has 0 saturated heterocycles. The molecule has 1 aromatic carbocycles. The molecule has 0 bridgehead atoms. The van der Waals surface area contributed by atoms with E-state index in [9.17, 15) is 9.90 Å². The highest BCUT2D eigenvalue weighted by Gasteiger charge is 2.33. The first kappa shape index (κ1) is 14.5. The molecule has 19 heavy (non-hydrogen) atoms. The van der Waals surface area contributed by atoms with Gasteiger partial charge in [0, 0.05) is 18.1 Å². The Kier molecular flexibility index (Phi) is 4.31. The minimum Gasteiger partial charge on any atom is -0.388 e. The van der Waals surface area contributed by atoms with E-state index in [4.69, 9.17) is 0 Å². The van der Waals surface area contributed by atoms with E-state index in [0.717, 1.165) is 35.7 Å². The van der Waals surface area contributed by atoms with E-state index >= 15 is 0 Å². The maximum atomic E-state index is 12.4. The van der Waals surface area contributed by atoms with Gasteiger partial charge in [0.05, 0.1) is 11.2 Å². The lowest BCUT2D eigenvalue weighted by molar-refractivity contribution is 0.0156. The second kappa shape index (κ2) is 5.63. The lowest BCUT2D eigenvalue weighted by Gasteiger charge is -2.29. The molecular formula is C15H20BrNO2. The zero-order valence-corrected chi connectivity index (χ0v) is 13.0. The van der Waals surface area contributed by atoms with E-state index in [1.165, 1.54) is 0 Å². The summed E-state index contributed by atoms with van der Waals surface area (Å²) in [6.45, 7) is 2.40. The Balaban J connectivity index is 2.10. The number of amides is 1. The van der Waals surface area contributed by atoms with Crippen molar-refractivity contribution < 1.29 is 9.90 Å². The highest BCUT2D eigenvalue weighted by molar-refractivity contribution is 9.10. The quantitative estimate of drug-likeness (QED) is 0.927. The molecule has 1 aliphatic rings. The van der Waals surface area contributed by atoms with Crippen molar-refractivity contribution in [3.63, 3.8) is 0 Å². The number of hydrogen-bond acceptors (Lipinski definition) is 2. The molecule has 1 N–H and O–H groups in total. The summed E-state index contributed by atoms with van der Waals surface area (Å²) >= 11 is 3.43. The Morgan fingerprint density at radius 3 is 2.63 bits per heavy atom. The van der Waals surface area contributed by atoms with Crippen molar-refractivity contribution >= 4 is 21.8 Å². The Morgan fingerprint density at radius 1 is 1.42 bits per heavy atom. The number of nitrogens with zero attached hydrogens (tertiary/aromatic N) is 1. The lowest BCUT2D eigenvalue weighted by Crippen LogP contribution is -2.42. The van der Waals surface area contributed by atoms with Crippen molar-refractivity contribution in [2.45, 2.75) is 38.2 Å². The number of likely N-dealkylation sites (N-methyl/N-ethyl adjacent to an activating group) is 1. The van der Waals surface area contributed by atoms with Crippen molar-refractivity contribution in [3.8, 4) is 0 Å². The normalized spacial score (nSPS) is 17.5. The average Bonchev–Trinajstić information content (AvgIpc) is 2.75. The molecule has 104 valence electrons. The van der Waals surface area contributed by atoms with Gasteiger partial charge in [-0.25, -0.2) is 0 Å². The largest absolute Gasteiger partial charge is 0.388 e. The molecule has 3 nitrogen and oxygen atoms in total. The van der Waals surface area contributed by atoms with E-state index in [1.807, 2.05) is 25.1 Å². The fraction of sp³-hybridized carbons (Fsp3) is 0.533. The number of aliphatic hydroxyl groups is 1. The van der Waals surface area contributed by atoms with Gasteiger partial charge < -0.3 is 10.0 Å². The third-order valence-corrected chi connectivity index (χ3v) is 4.42. The zero-order valence-electron chi connectivity index (χ0n) is 11.4. The van der Waals surface area contributed by atoms with Crippen LogP contribution >= 0.6 is 15.9 Å². The molecule has 0 radical (unpaired) electrons. The topological polar surface area (TPSA) is 40.5 Å². The molecule has 4 heteroatoms. The Bertz CT molecular complexity index is 481. The van der Waals surface area contributed by atoms with Crippen LogP contribution in [0.1, 0.15) is 41.6 Å². The Morgan fingerprint density at radius 2 is 2.05 bits per heavy atom. The molecule has 0 atom stereocenters. The highest BCUT2D eigenvalue weighted by atomic mass is 79.9. The van der Waals surface area contributed by atoms with Crippen LogP contribution in [0.2, 0.25) is 0 Å². The predicted molar refractivity (Wildman–Crippen MR) is 79.3 cm³/mol. The molecule has 1 aliphatic carbocycles. The number of hydrogen-bond donors (Lipinski definition) is 1. The number of rotatable bonds is 3. The van der Waals surface area contributed by atoms with Gasteiger partial charge in [-0.2, -0.15) is 0 Å². The van der Waals surface area contributed by atoms with Crippen molar-refractivity contribution in [1.82, 2.24) is 4.90 Å². The van der Waals surface area contributed by atoms with Crippen LogP contribution in [0.4, 0.5) is 0 Å². The van der Waals surface area contributed by atoms with Crippen LogP contribution in [-0.4, -0.2) is 35.1 Å². The molecule has 1 amide bonds. The van der Waals surface area contributed by atoms with E-state index < -0.39 is 5.60 Å². The standard InChI is InChI=1S/C15H20BrNO2/c1-11-5-6-12(13(16)9-11)14(18)17(2)10-15(19)7-3-4-8-15/h5-6,9,19H,3-4,7-8,10H2,1-2H3. The van der Waals surface area contributed by atoms with Crippen LogP contribution in [0.3, 0.4) is 0 Å². The van der Waals surface area contributed by atoms with Crippen molar-refractivity contribution in [3.05, 3.63) is 33.8 Å². The van der Waals surface area contributed by atoms with E-state index in [1.54, 1.807) is 11.9 Å².